The minimum atomic E-state index is 0.0747. The van der Waals surface area contributed by atoms with E-state index in [1.807, 2.05) is 18.6 Å². The summed E-state index contributed by atoms with van der Waals surface area (Å²) in [5.41, 5.74) is 5.95. The predicted octanol–water partition coefficient (Wildman–Crippen LogP) is 5.09. The molecular formula is C21H21N3. The van der Waals surface area contributed by atoms with Gasteiger partial charge in [0.25, 0.3) is 0 Å². The number of benzene rings is 1. The van der Waals surface area contributed by atoms with Crippen molar-refractivity contribution in [3.63, 3.8) is 0 Å². The Labute approximate surface area is 142 Å². The number of fused-ring (bicyclic) bond motifs is 3. The number of hydrogen-bond acceptors (Lipinski definition) is 2. The molecule has 0 saturated heterocycles. The first kappa shape index (κ1) is 14.9. The molecule has 0 aliphatic carbocycles. The van der Waals surface area contributed by atoms with E-state index in [1.54, 1.807) is 0 Å². The van der Waals surface area contributed by atoms with Gasteiger partial charge in [-0.1, -0.05) is 39.0 Å². The molecule has 0 aliphatic rings. The molecule has 0 bridgehead atoms. The van der Waals surface area contributed by atoms with Crippen LogP contribution in [0.1, 0.15) is 26.5 Å². The lowest BCUT2D eigenvalue weighted by Gasteiger charge is -2.17. The highest BCUT2D eigenvalue weighted by Crippen LogP contribution is 2.31. The second-order valence-electron chi connectivity index (χ2n) is 7.37. The van der Waals surface area contributed by atoms with Crippen LogP contribution in [-0.4, -0.2) is 14.5 Å². The number of hydrogen-bond donors (Lipinski definition) is 0. The zero-order valence-electron chi connectivity index (χ0n) is 14.5. The monoisotopic (exact) mass is 315 g/mol. The zero-order chi connectivity index (χ0) is 16.9. The summed E-state index contributed by atoms with van der Waals surface area (Å²) in [5, 5.41) is 2.44. The van der Waals surface area contributed by atoms with Crippen molar-refractivity contribution in [1.82, 2.24) is 14.5 Å². The van der Waals surface area contributed by atoms with E-state index in [2.05, 4.69) is 78.8 Å². The number of rotatable bonds is 1. The number of aromatic nitrogens is 3. The van der Waals surface area contributed by atoms with Crippen molar-refractivity contribution in [2.45, 2.75) is 26.2 Å². The molecule has 3 heterocycles. The number of pyridine rings is 2. The van der Waals surface area contributed by atoms with Gasteiger partial charge in [0.05, 0.1) is 5.52 Å². The molecule has 0 spiro atoms. The maximum absolute atomic E-state index is 4.65. The molecule has 0 amide bonds. The minimum absolute atomic E-state index is 0.0747. The second-order valence-corrected chi connectivity index (χ2v) is 7.37. The molecule has 3 nitrogen and oxygen atoms in total. The maximum Gasteiger partial charge on any atom is 0.0519 e. The summed E-state index contributed by atoms with van der Waals surface area (Å²) in [6.45, 7) is 6.56. The van der Waals surface area contributed by atoms with Crippen molar-refractivity contribution in [2.75, 3.05) is 0 Å². The maximum atomic E-state index is 4.65. The van der Waals surface area contributed by atoms with Gasteiger partial charge >= 0.3 is 0 Å². The van der Waals surface area contributed by atoms with E-state index >= 15 is 0 Å². The van der Waals surface area contributed by atoms with Crippen LogP contribution in [0.2, 0.25) is 0 Å². The Morgan fingerprint density at radius 2 is 1.62 bits per heavy atom. The highest BCUT2D eigenvalue weighted by molar-refractivity contribution is 6.08. The van der Waals surface area contributed by atoms with Gasteiger partial charge in [-0.2, -0.15) is 0 Å². The molecule has 0 atom stereocenters. The first-order chi connectivity index (χ1) is 11.4. The predicted molar refractivity (Wildman–Crippen MR) is 100 cm³/mol. The SMILES string of the molecule is Cn1c2ccncc2c2ccc(-c3ccc(C(C)(C)C)nc3)cc21. The van der Waals surface area contributed by atoms with Gasteiger partial charge < -0.3 is 4.57 Å². The molecule has 4 aromatic rings. The smallest absolute Gasteiger partial charge is 0.0519 e. The molecule has 120 valence electrons. The van der Waals surface area contributed by atoms with Crippen LogP contribution < -0.4 is 0 Å². The summed E-state index contributed by atoms with van der Waals surface area (Å²) < 4.78 is 2.23. The van der Waals surface area contributed by atoms with E-state index in [0.29, 0.717) is 0 Å². The van der Waals surface area contributed by atoms with E-state index in [0.717, 1.165) is 11.3 Å². The van der Waals surface area contributed by atoms with Gasteiger partial charge in [-0.15, -0.1) is 0 Å². The lowest BCUT2D eigenvalue weighted by atomic mass is 9.91. The van der Waals surface area contributed by atoms with Crippen LogP contribution >= 0.6 is 0 Å². The summed E-state index contributed by atoms with van der Waals surface area (Å²) in [6.07, 6.45) is 5.76. The Kier molecular flexibility index (Phi) is 3.20. The van der Waals surface area contributed by atoms with Crippen molar-refractivity contribution in [1.29, 1.82) is 0 Å². The average Bonchev–Trinajstić information content (AvgIpc) is 2.87. The van der Waals surface area contributed by atoms with Crippen LogP contribution in [0.4, 0.5) is 0 Å². The van der Waals surface area contributed by atoms with Gasteiger partial charge in [-0.25, -0.2) is 0 Å². The van der Waals surface area contributed by atoms with Gasteiger partial charge in [0.1, 0.15) is 0 Å². The van der Waals surface area contributed by atoms with Crippen LogP contribution in [0.15, 0.2) is 55.0 Å². The van der Waals surface area contributed by atoms with E-state index in [9.17, 15) is 0 Å². The highest BCUT2D eigenvalue weighted by Gasteiger charge is 2.15. The van der Waals surface area contributed by atoms with Gasteiger partial charge in [0.2, 0.25) is 0 Å². The third-order valence-corrected chi connectivity index (χ3v) is 4.67. The van der Waals surface area contributed by atoms with Gasteiger partial charge in [-0.05, 0) is 23.8 Å². The summed E-state index contributed by atoms with van der Waals surface area (Å²) in [7, 11) is 2.11. The normalized spacial score (nSPS) is 12.2. The standard InChI is InChI=1S/C21H21N3/c1-21(2,3)20-8-6-15(12-23-20)14-5-7-16-17-13-22-10-9-18(17)24(4)19(16)11-14/h5-13H,1-4H3. The van der Waals surface area contributed by atoms with Crippen molar-refractivity contribution < 1.29 is 0 Å². The zero-order valence-corrected chi connectivity index (χ0v) is 14.5. The van der Waals surface area contributed by atoms with Gasteiger partial charge in [0.15, 0.2) is 0 Å². The molecule has 3 aromatic heterocycles. The number of aryl methyl sites for hydroxylation is 1. The Balaban J connectivity index is 1.86. The Morgan fingerprint density at radius 3 is 2.33 bits per heavy atom. The third-order valence-electron chi connectivity index (χ3n) is 4.67. The van der Waals surface area contributed by atoms with E-state index in [4.69, 9.17) is 0 Å². The quantitative estimate of drug-likeness (QED) is 0.490. The Bertz CT molecular complexity index is 1030. The second kappa shape index (κ2) is 5.17. The molecule has 3 heteroatoms. The van der Waals surface area contributed by atoms with Crippen molar-refractivity contribution in [3.05, 3.63) is 60.7 Å². The average molecular weight is 315 g/mol. The molecule has 0 aliphatic heterocycles. The summed E-state index contributed by atoms with van der Waals surface area (Å²) in [5.74, 6) is 0. The van der Waals surface area contributed by atoms with Gasteiger partial charge in [-0.3, -0.25) is 9.97 Å². The summed E-state index contributed by atoms with van der Waals surface area (Å²) in [6, 6.07) is 13.0. The number of nitrogens with zero attached hydrogens (tertiary/aromatic N) is 3. The molecule has 0 fully saturated rings. The Hall–Kier alpha value is -2.68. The largest absolute Gasteiger partial charge is 0.343 e. The molecule has 0 unspecified atom stereocenters. The summed E-state index contributed by atoms with van der Waals surface area (Å²) in [4.78, 5) is 8.92. The fourth-order valence-corrected chi connectivity index (χ4v) is 3.24. The van der Waals surface area contributed by atoms with Crippen LogP contribution in [0.3, 0.4) is 0 Å². The highest BCUT2D eigenvalue weighted by atomic mass is 14.9. The third kappa shape index (κ3) is 2.28. The topological polar surface area (TPSA) is 30.7 Å². The van der Waals surface area contributed by atoms with Crippen molar-refractivity contribution in [2.24, 2.45) is 7.05 Å². The molecule has 0 N–H and O–H groups in total. The van der Waals surface area contributed by atoms with Gasteiger partial charge in [0, 0.05) is 58.6 Å². The fraction of sp³-hybridized carbons (Fsp3) is 0.238. The van der Waals surface area contributed by atoms with Crippen LogP contribution in [0, 0.1) is 0 Å². The summed E-state index contributed by atoms with van der Waals surface area (Å²) >= 11 is 0. The molecule has 0 radical (unpaired) electrons. The van der Waals surface area contributed by atoms with Crippen LogP contribution in [0.5, 0.6) is 0 Å². The molecule has 0 saturated carbocycles. The van der Waals surface area contributed by atoms with Crippen molar-refractivity contribution in [3.8, 4) is 11.1 Å². The van der Waals surface area contributed by atoms with Crippen molar-refractivity contribution >= 4 is 21.8 Å². The van der Waals surface area contributed by atoms with E-state index in [-0.39, 0.29) is 5.41 Å². The molecule has 24 heavy (non-hydrogen) atoms. The molecular weight excluding hydrogens is 294 g/mol. The lowest BCUT2D eigenvalue weighted by Crippen LogP contribution is -2.12. The fourth-order valence-electron chi connectivity index (χ4n) is 3.24. The Morgan fingerprint density at radius 1 is 0.833 bits per heavy atom. The molecule has 4 rings (SSSR count). The van der Waals surface area contributed by atoms with E-state index in [1.165, 1.54) is 27.4 Å². The van der Waals surface area contributed by atoms with E-state index < -0.39 is 0 Å². The first-order valence-corrected chi connectivity index (χ1v) is 8.24. The molecule has 1 aromatic carbocycles. The first-order valence-electron chi connectivity index (χ1n) is 8.24. The lowest BCUT2D eigenvalue weighted by molar-refractivity contribution is 0.569. The minimum Gasteiger partial charge on any atom is -0.343 e. The van der Waals surface area contributed by atoms with Crippen LogP contribution in [0.25, 0.3) is 32.9 Å². The van der Waals surface area contributed by atoms with Crippen LogP contribution in [-0.2, 0) is 12.5 Å².